The lowest BCUT2D eigenvalue weighted by Crippen LogP contribution is -2.08. The van der Waals surface area contributed by atoms with Crippen LogP contribution in [0.2, 0.25) is 0 Å². The predicted octanol–water partition coefficient (Wildman–Crippen LogP) is 4.77. The van der Waals surface area contributed by atoms with Crippen molar-refractivity contribution >= 4 is 11.4 Å². The van der Waals surface area contributed by atoms with Crippen LogP contribution in [0, 0.1) is 5.82 Å². The molecule has 4 heteroatoms. The van der Waals surface area contributed by atoms with E-state index in [0.717, 1.165) is 29.9 Å². The highest BCUT2D eigenvalue weighted by Crippen LogP contribution is 2.25. The Morgan fingerprint density at radius 1 is 1.00 bits per heavy atom. The minimum atomic E-state index is -0.252. The molecule has 0 spiro atoms. The summed E-state index contributed by atoms with van der Waals surface area (Å²) in [5.41, 5.74) is 3.45. The fourth-order valence-corrected chi connectivity index (χ4v) is 2.99. The Morgan fingerprint density at radius 2 is 1.83 bits per heavy atom. The van der Waals surface area contributed by atoms with Crippen molar-refractivity contribution in [3.63, 3.8) is 0 Å². The number of fused-ring (bicyclic) bond motifs is 1. The molecule has 0 unspecified atom stereocenters. The van der Waals surface area contributed by atoms with Crippen LogP contribution >= 0.6 is 0 Å². The smallest absolute Gasteiger partial charge is 0.146 e. The fraction of sp³-hybridized carbons (Fsp3) is 0.211. The Kier molecular flexibility index (Phi) is 3.58. The first kappa shape index (κ1) is 14.0. The molecule has 0 aliphatic carbocycles. The first-order chi connectivity index (χ1) is 11.3. The van der Waals surface area contributed by atoms with Crippen LogP contribution in [-0.4, -0.2) is 9.55 Å². The van der Waals surface area contributed by atoms with Gasteiger partial charge < -0.3 is 9.88 Å². The third-order valence-corrected chi connectivity index (χ3v) is 4.24. The molecule has 1 aromatic heterocycles. The lowest BCUT2D eigenvalue weighted by Gasteiger charge is -2.11. The number of nitrogens with one attached hydrogen (secondary N) is 1. The fourth-order valence-electron chi connectivity index (χ4n) is 2.99. The van der Waals surface area contributed by atoms with E-state index >= 15 is 0 Å². The molecule has 116 valence electrons. The summed E-state index contributed by atoms with van der Waals surface area (Å²) in [5, 5.41) is 3.10. The van der Waals surface area contributed by atoms with E-state index in [1.807, 2.05) is 30.3 Å². The molecule has 3 nitrogen and oxygen atoms in total. The van der Waals surface area contributed by atoms with Crippen LogP contribution < -0.4 is 5.32 Å². The Balaban J connectivity index is 1.56. The maximum atomic E-state index is 13.7. The van der Waals surface area contributed by atoms with E-state index in [0.29, 0.717) is 5.69 Å². The monoisotopic (exact) mass is 307 g/mol. The van der Waals surface area contributed by atoms with Crippen LogP contribution in [0.1, 0.15) is 18.7 Å². The van der Waals surface area contributed by atoms with Gasteiger partial charge >= 0.3 is 0 Å². The second kappa shape index (κ2) is 5.88. The van der Waals surface area contributed by atoms with Crippen molar-refractivity contribution in [1.29, 1.82) is 0 Å². The number of anilines is 2. The third kappa shape index (κ3) is 2.84. The number of rotatable bonds is 3. The molecule has 0 atom stereocenters. The normalized spacial score (nSPS) is 13.6. The van der Waals surface area contributed by atoms with Crippen molar-refractivity contribution in [3.05, 3.63) is 66.4 Å². The van der Waals surface area contributed by atoms with Gasteiger partial charge in [-0.25, -0.2) is 9.37 Å². The van der Waals surface area contributed by atoms with E-state index in [1.54, 1.807) is 12.1 Å². The van der Waals surface area contributed by atoms with E-state index in [9.17, 15) is 4.39 Å². The number of nitrogens with zero attached hydrogens (tertiary/aromatic N) is 2. The molecular weight excluding hydrogens is 289 g/mol. The van der Waals surface area contributed by atoms with Crippen molar-refractivity contribution < 1.29 is 4.39 Å². The molecular formula is C19H18FN3. The molecule has 23 heavy (non-hydrogen) atoms. The number of benzene rings is 2. The van der Waals surface area contributed by atoms with Gasteiger partial charge in [0.2, 0.25) is 0 Å². The number of aromatic nitrogens is 2. The van der Waals surface area contributed by atoms with Gasteiger partial charge in [0.25, 0.3) is 0 Å². The summed E-state index contributed by atoms with van der Waals surface area (Å²) in [6.07, 6.45) is 5.65. The molecule has 3 aromatic rings. The molecule has 1 aliphatic heterocycles. The molecule has 1 N–H and O–H groups in total. The van der Waals surface area contributed by atoms with Crippen molar-refractivity contribution in [2.24, 2.45) is 0 Å². The molecule has 0 bridgehead atoms. The third-order valence-electron chi connectivity index (χ3n) is 4.24. The molecule has 0 fully saturated rings. The molecule has 2 aromatic carbocycles. The zero-order valence-corrected chi connectivity index (χ0v) is 12.8. The first-order valence-electron chi connectivity index (χ1n) is 7.98. The van der Waals surface area contributed by atoms with Gasteiger partial charge in [-0.1, -0.05) is 24.3 Å². The minimum absolute atomic E-state index is 0.252. The van der Waals surface area contributed by atoms with E-state index in [2.05, 4.69) is 16.1 Å². The predicted molar refractivity (Wildman–Crippen MR) is 90.3 cm³/mol. The summed E-state index contributed by atoms with van der Waals surface area (Å²) in [4.78, 5) is 4.73. The van der Waals surface area contributed by atoms with Crippen molar-refractivity contribution in [2.45, 2.75) is 25.8 Å². The van der Waals surface area contributed by atoms with Crippen LogP contribution in [0.5, 0.6) is 0 Å². The van der Waals surface area contributed by atoms with Crippen molar-refractivity contribution in [1.82, 2.24) is 9.55 Å². The quantitative estimate of drug-likeness (QED) is 0.755. The van der Waals surface area contributed by atoms with Gasteiger partial charge in [-0.3, -0.25) is 0 Å². The van der Waals surface area contributed by atoms with Crippen LogP contribution in [-0.2, 0) is 13.0 Å². The average molecular weight is 307 g/mol. The first-order valence-corrected chi connectivity index (χ1v) is 7.98. The molecule has 0 saturated heterocycles. The zero-order valence-electron chi connectivity index (χ0n) is 12.8. The largest absolute Gasteiger partial charge is 0.353 e. The second-order valence-corrected chi connectivity index (χ2v) is 5.88. The number of para-hydroxylation sites is 1. The maximum absolute atomic E-state index is 13.7. The molecule has 0 radical (unpaired) electrons. The SMILES string of the molecule is Fc1ccccc1Nc1ccc(-c2cn3c(n2)CCCC3)cc1. The summed E-state index contributed by atoms with van der Waals surface area (Å²) < 4.78 is 15.9. The molecule has 2 heterocycles. The van der Waals surface area contributed by atoms with Gasteiger partial charge in [-0.05, 0) is 37.1 Å². The Hall–Kier alpha value is -2.62. The van der Waals surface area contributed by atoms with E-state index in [-0.39, 0.29) is 5.82 Å². The lowest BCUT2D eigenvalue weighted by atomic mass is 10.1. The molecule has 0 amide bonds. The van der Waals surface area contributed by atoms with Gasteiger partial charge in [0.1, 0.15) is 11.6 Å². The number of halogens is 1. The van der Waals surface area contributed by atoms with Crippen molar-refractivity contribution in [3.8, 4) is 11.3 Å². The Morgan fingerprint density at radius 3 is 2.61 bits per heavy atom. The van der Waals surface area contributed by atoms with Gasteiger partial charge in [0.05, 0.1) is 11.4 Å². The Labute approximate surface area is 134 Å². The molecule has 1 aliphatic rings. The second-order valence-electron chi connectivity index (χ2n) is 5.88. The molecule has 4 rings (SSSR count). The van der Waals surface area contributed by atoms with Gasteiger partial charge in [-0.15, -0.1) is 0 Å². The van der Waals surface area contributed by atoms with Gasteiger partial charge in [0, 0.05) is 30.4 Å². The average Bonchev–Trinajstić information content (AvgIpc) is 3.02. The van der Waals surface area contributed by atoms with E-state index in [4.69, 9.17) is 4.98 Å². The van der Waals surface area contributed by atoms with E-state index in [1.165, 1.54) is 24.7 Å². The lowest BCUT2D eigenvalue weighted by molar-refractivity contribution is 0.522. The van der Waals surface area contributed by atoms with Crippen LogP contribution in [0.15, 0.2) is 54.7 Å². The van der Waals surface area contributed by atoms with Crippen LogP contribution in [0.4, 0.5) is 15.8 Å². The zero-order chi connectivity index (χ0) is 15.6. The van der Waals surface area contributed by atoms with Crippen LogP contribution in [0.3, 0.4) is 0 Å². The summed E-state index contributed by atoms with van der Waals surface area (Å²) in [7, 11) is 0. The topological polar surface area (TPSA) is 29.9 Å². The van der Waals surface area contributed by atoms with Crippen LogP contribution in [0.25, 0.3) is 11.3 Å². The summed E-state index contributed by atoms with van der Waals surface area (Å²) in [6, 6.07) is 14.6. The number of hydrogen-bond donors (Lipinski definition) is 1. The number of imidazole rings is 1. The number of hydrogen-bond acceptors (Lipinski definition) is 2. The highest BCUT2D eigenvalue weighted by atomic mass is 19.1. The highest BCUT2D eigenvalue weighted by molar-refractivity contribution is 5.66. The maximum Gasteiger partial charge on any atom is 0.146 e. The molecule has 0 saturated carbocycles. The summed E-state index contributed by atoms with van der Waals surface area (Å²) in [5.74, 6) is 0.929. The van der Waals surface area contributed by atoms with Gasteiger partial charge in [0.15, 0.2) is 0 Å². The van der Waals surface area contributed by atoms with Gasteiger partial charge in [-0.2, -0.15) is 0 Å². The summed E-state index contributed by atoms with van der Waals surface area (Å²) in [6.45, 7) is 1.06. The standard InChI is InChI=1S/C19H18FN3/c20-16-5-1-2-6-17(16)21-15-10-8-14(9-11-15)18-13-23-12-4-3-7-19(23)22-18/h1-2,5-6,8-11,13,21H,3-4,7,12H2. The highest BCUT2D eigenvalue weighted by Gasteiger charge is 2.13. The minimum Gasteiger partial charge on any atom is -0.353 e. The summed E-state index contributed by atoms with van der Waals surface area (Å²) >= 11 is 0. The number of aryl methyl sites for hydroxylation is 2. The van der Waals surface area contributed by atoms with E-state index < -0.39 is 0 Å². The van der Waals surface area contributed by atoms with Crippen molar-refractivity contribution in [2.75, 3.05) is 5.32 Å². The Bertz CT molecular complexity index is 797.